The lowest BCUT2D eigenvalue weighted by Crippen LogP contribution is -2.23. The second kappa shape index (κ2) is 10.9. The van der Waals surface area contributed by atoms with Crippen LogP contribution < -0.4 is 11.4 Å². The van der Waals surface area contributed by atoms with Crippen molar-refractivity contribution in [2.24, 2.45) is 11.7 Å². The van der Waals surface area contributed by atoms with Gasteiger partial charge in [0.15, 0.2) is 11.3 Å². The quantitative estimate of drug-likeness (QED) is 0.556. The Morgan fingerprint density at radius 3 is 2.47 bits per heavy atom. The minimum Gasteiger partial charge on any atom is -0.454 e. The number of carbonyl (C=O) groups is 2. The number of aromatic nitrogens is 4. The van der Waals surface area contributed by atoms with E-state index in [9.17, 15) is 14.4 Å². The van der Waals surface area contributed by atoms with Gasteiger partial charge in [-0.1, -0.05) is 31.4 Å². The predicted octanol–water partition coefficient (Wildman–Crippen LogP) is 3.85. The summed E-state index contributed by atoms with van der Waals surface area (Å²) in [6.45, 7) is 2.72. The van der Waals surface area contributed by atoms with Crippen LogP contribution in [0.4, 0.5) is 4.79 Å². The molecule has 4 rings (SSSR count). The molecular formula is C22H26ClN5O4. The van der Waals surface area contributed by atoms with Gasteiger partial charge in [-0.05, 0) is 37.8 Å². The van der Waals surface area contributed by atoms with Crippen molar-refractivity contribution in [3.05, 3.63) is 46.5 Å². The van der Waals surface area contributed by atoms with Gasteiger partial charge in [0, 0.05) is 29.3 Å². The lowest BCUT2D eigenvalue weighted by molar-refractivity contribution is 0.1000. The molecule has 3 N–H and O–H groups in total. The van der Waals surface area contributed by atoms with Crippen LogP contribution in [0, 0.1) is 5.92 Å². The molecule has 1 aliphatic carbocycles. The van der Waals surface area contributed by atoms with E-state index in [1.54, 1.807) is 42.0 Å². The van der Waals surface area contributed by atoms with E-state index in [2.05, 4.69) is 19.7 Å². The minimum absolute atomic E-state index is 0.160. The fraction of sp³-hybridized carbons (Fsp3) is 0.409. The number of benzene rings is 1. The molecule has 0 atom stereocenters. The third kappa shape index (κ3) is 5.94. The van der Waals surface area contributed by atoms with E-state index in [1.807, 2.05) is 0 Å². The van der Waals surface area contributed by atoms with E-state index in [-0.39, 0.29) is 5.69 Å². The van der Waals surface area contributed by atoms with E-state index in [0.29, 0.717) is 41.6 Å². The van der Waals surface area contributed by atoms with Crippen molar-refractivity contribution < 1.29 is 14.3 Å². The van der Waals surface area contributed by atoms with Gasteiger partial charge >= 0.3 is 11.1 Å². The number of ether oxygens (including phenoxy) is 1. The first-order chi connectivity index (χ1) is 15.4. The van der Waals surface area contributed by atoms with Crippen molar-refractivity contribution >= 4 is 34.2 Å². The molecule has 0 spiro atoms. The lowest BCUT2D eigenvalue weighted by atomic mass is 9.89. The number of imidazole rings is 1. The SMILES string of the molecule is CCOC(=O)Cl.NC(=O)c1ccc(-c2cnc3[nH]c(=O)n(CC4CCCCC4)c3n2)cc1. The Morgan fingerprint density at radius 2 is 1.91 bits per heavy atom. The van der Waals surface area contributed by atoms with Crippen molar-refractivity contribution in [2.45, 2.75) is 45.6 Å². The number of primary amides is 1. The second-order valence-corrected chi connectivity index (χ2v) is 7.89. The monoisotopic (exact) mass is 459 g/mol. The molecule has 0 aliphatic heterocycles. The van der Waals surface area contributed by atoms with Crippen molar-refractivity contribution in [3.63, 3.8) is 0 Å². The van der Waals surface area contributed by atoms with E-state index < -0.39 is 11.3 Å². The average Bonchev–Trinajstić information content (AvgIpc) is 3.09. The molecule has 1 aliphatic rings. The van der Waals surface area contributed by atoms with E-state index >= 15 is 0 Å². The van der Waals surface area contributed by atoms with Crippen molar-refractivity contribution in [1.82, 2.24) is 19.5 Å². The van der Waals surface area contributed by atoms with Crippen LogP contribution in [-0.4, -0.2) is 37.5 Å². The van der Waals surface area contributed by atoms with Crippen molar-refractivity contribution in [3.8, 4) is 11.3 Å². The van der Waals surface area contributed by atoms with Gasteiger partial charge < -0.3 is 10.5 Å². The Balaban J connectivity index is 0.000000427. The summed E-state index contributed by atoms with van der Waals surface area (Å²) in [7, 11) is 0. The highest BCUT2D eigenvalue weighted by Gasteiger charge is 2.18. The topological polar surface area (TPSA) is 133 Å². The third-order valence-corrected chi connectivity index (χ3v) is 5.48. The van der Waals surface area contributed by atoms with Gasteiger partial charge in [-0.25, -0.2) is 19.6 Å². The molecule has 32 heavy (non-hydrogen) atoms. The number of fused-ring (bicyclic) bond motifs is 1. The predicted molar refractivity (Wildman–Crippen MR) is 122 cm³/mol. The standard InChI is InChI=1S/C19H21N5O2.C3H5ClO2/c20-16(25)14-8-6-13(7-9-14)15-10-21-17-18(22-15)24(19(26)23-17)11-12-4-2-1-3-5-12;1-2-6-3(4)5/h6-10,12H,1-5,11H2,(H2,20,25)(H,21,23,26);2H2,1H3. The maximum Gasteiger partial charge on any atom is 0.403 e. The summed E-state index contributed by atoms with van der Waals surface area (Å²) in [5.41, 5.74) is 7.39. The van der Waals surface area contributed by atoms with Crippen LogP contribution in [0.25, 0.3) is 22.6 Å². The summed E-state index contributed by atoms with van der Waals surface area (Å²) < 4.78 is 5.88. The van der Waals surface area contributed by atoms with Crippen molar-refractivity contribution in [1.29, 1.82) is 0 Å². The molecule has 9 nitrogen and oxygen atoms in total. The van der Waals surface area contributed by atoms with E-state index in [1.165, 1.54) is 19.3 Å². The molecule has 0 bridgehead atoms. The molecule has 1 saturated carbocycles. The molecule has 3 aromatic rings. The zero-order valence-electron chi connectivity index (χ0n) is 17.8. The van der Waals surface area contributed by atoms with Crippen molar-refractivity contribution in [2.75, 3.05) is 6.61 Å². The highest BCUT2D eigenvalue weighted by atomic mass is 35.5. The summed E-state index contributed by atoms with van der Waals surface area (Å²) >= 11 is 4.72. The van der Waals surface area contributed by atoms with E-state index in [0.717, 1.165) is 18.4 Å². The molecular weight excluding hydrogens is 434 g/mol. The van der Waals surface area contributed by atoms with Crippen LogP contribution in [0.5, 0.6) is 0 Å². The Kier molecular flexibility index (Phi) is 7.99. The zero-order chi connectivity index (χ0) is 23.1. The second-order valence-electron chi connectivity index (χ2n) is 7.58. The molecule has 1 amide bonds. The van der Waals surface area contributed by atoms with Crippen LogP contribution in [0.1, 0.15) is 49.4 Å². The number of nitrogens with one attached hydrogen (secondary N) is 1. The van der Waals surface area contributed by atoms with Crippen LogP contribution in [0.15, 0.2) is 35.3 Å². The highest BCUT2D eigenvalue weighted by Crippen LogP contribution is 2.26. The number of H-pyrrole nitrogens is 1. The number of hydrogen-bond acceptors (Lipinski definition) is 6. The van der Waals surface area contributed by atoms with Gasteiger partial charge in [-0.3, -0.25) is 14.3 Å². The van der Waals surface area contributed by atoms with Crippen LogP contribution in [-0.2, 0) is 11.3 Å². The third-order valence-electron chi connectivity index (χ3n) is 5.37. The molecule has 2 aromatic heterocycles. The summed E-state index contributed by atoms with van der Waals surface area (Å²) in [6.07, 6.45) is 7.67. The number of aromatic amines is 1. The maximum absolute atomic E-state index is 12.4. The number of hydrogen-bond donors (Lipinski definition) is 2. The number of halogens is 1. The maximum atomic E-state index is 12.4. The molecule has 0 radical (unpaired) electrons. The summed E-state index contributed by atoms with van der Waals surface area (Å²) in [4.78, 5) is 45.0. The fourth-order valence-corrected chi connectivity index (χ4v) is 3.88. The summed E-state index contributed by atoms with van der Waals surface area (Å²) in [6, 6.07) is 6.89. The molecule has 0 saturated heterocycles. The minimum atomic E-state index is -0.738. The fourth-order valence-electron chi connectivity index (χ4n) is 3.78. The molecule has 2 heterocycles. The summed E-state index contributed by atoms with van der Waals surface area (Å²) in [5.74, 6) is 0.0470. The van der Waals surface area contributed by atoms with Crippen LogP contribution in [0.3, 0.4) is 0 Å². The Labute approximate surface area is 190 Å². The van der Waals surface area contributed by atoms with Crippen LogP contribution in [0.2, 0.25) is 0 Å². The summed E-state index contributed by atoms with van der Waals surface area (Å²) in [5, 5.41) is 0. The number of carbonyl (C=O) groups excluding carboxylic acids is 2. The Bertz CT molecular complexity index is 1130. The van der Waals surface area contributed by atoms with Gasteiger partial charge in [-0.15, -0.1) is 0 Å². The Hall–Kier alpha value is -3.20. The number of amides is 1. The molecule has 1 aromatic carbocycles. The van der Waals surface area contributed by atoms with Gasteiger partial charge in [0.2, 0.25) is 5.91 Å². The van der Waals surface area contributed by atoms with Gasteiger partial charge in [0.05, 0.1) is 18.5 Å². The Morgan fingerprint density at radius 1 is 1.22 bits per heavy atom. The normalized spacial score (nSPS) is 13.9. The number of rotatable bonds is 5. The van der Waals surface area contributed by atoms with Crippen LogP contribution >= 0.6 is 11.6 Å². The first-order valence-electron chi connectivity index (χ1n) is 10.6. The van der Waals surface area contributed by atoms with Gasteiger partial charge in [0.25, 0.3) is 0 Å². The zero-order valence-corrected chi connectivity index (χ0v) is 18.6. The first kappa shape index (κ1) is 23.5. The number of nitrogens with two attached hydrogens (primary N) is 1. The first-order valence-corrected chi connectivity index (χ1v) is 10.9. The molecule has 170 valence electrons. The smallest absolute Gasteiger partial charge is 0.403 e. The largest absolute Gasteiger partial charge is 0.454 e. The van der Waals surface area contributed by atoms with Gasteiger partial charge in [0.1, 0.15) is 0 Å². The number of nitrogens with zero attached hydrogens (tertiary/aromatic N) is 3. The van der Waals surface area contributed by atoms with Gasteiger partial charge in [-0.2, -0.15) is 0 Å². The molecule has 0 unspecified atom stereocenters. The molecule has 10 heteroatoms. The molecule has 1 fully saturated rings. The average molecular weight is 460 g/mol. The van der Waals surface area contributed by atoms with E-state index in [4.69, 9.17) is 17.3 Å². The lowest BCUT2D eigenvalue weighted by Gasteiger charge is -2.21. The highest BCUT2D eigenvalue weighted by molar-refractivity contribution is 6.61.